The molecule has 0 spiro atoms. The molecule has 0 atom stereocenters. The van der Waals surface area contributed by atoms with E-state index >= 15 is 0 Å². The Hall–Kier alpha value is -1.52. The molecule has 1 aromatic heterocycles. The fraction of sp³-hybridized carbons (Fsp3) is 0.444. The van der Waals surface area contributed by atoms with Gasteiger partial charge in [0.25, 0.3) is 0 Å². The van der Waals surface area contributed by atoms with Crippen LogP contribution in [0.25, 0.3) is 0 Å². The molecule has 0 aliphatic carbocycles. The Bertz CT molecular complexity index is 552. The number of thiophene rings is 1. The highest BCUT2D eigenvalue weighted by molar-refractivity contribution is 7.09. The molecule has 2 rings (SSSR count). The third kappa shape index (κ3) is 5.04. The van der Waals surface area contributed by atoms with Crippen molar-refractivity contribution in [3.63, 3.8) is 0 Å². The highest BCUT2D eigenvalue weighted by atomic mass is 32.1. The lowest BCUT2D eigenvalue weighted by atomic mass is 10.1. The number of hydrogen-bond acceptors (Lipinski definition) is 4. The first-order valence-electron chi connectivity index (χ1n) is 7.72. The molecule has 3 nitrogen and oxygen atoms in total. The summed E-state index contributed by atoms with van der Waals surface area (Å²) in [6.45, 7) is 6.77. The highest BCUT2D eigenvalue weighted by Gasteiger charge is 2.10. The summed E-state index contributed by atoms with van der Waals surface area (Å²) in [6.07, 6.45) is 1.04. The molecule has 0 unspecified atom stereocenters. The van der Waals surface area contributed by atoms with Crippen LogP contribution in [0.4, 0.5) is 0 Å². The zero-order valence-electron chi connectivity index (χ0n) is 13.6. The zero-order chi connectivity index (χ0) is 15.8. The van der Waals surface area contributed by atoms with Crippen molar-refractivity contribution in [2.24, 2.45) is 5.92 Å². The van der Waals surface area contributed by atoms with Crippen molar-refractivity contribution in [3.8, 4) is 11.5 Å². The molecule has 0 bridgehead atoms. The van der Waals surface area contributed by atoms with Gasteiger partial charge >= 0.3 is 0 Å². The average Bonchev–Trinajstić information content (AvgIpc) is 3.01. The molecule has 22 heavy (non-hydrogen) atoms. The largest absolute Gasteiger partial charge is 0.493 e. The van der Waals surface area contributed by atoms with Crippen molar-refractivity contribution in [2.75, 3.05) is 13.7 Å². The van der Waals surface area contributed by atoms with E-state index in [0.29, 0.717) is 5.92 Å². The van der Waals surface area contributed by atoms with Crippen LogP contribution < -0.4 is 14.8 Å². The predicted octanol–water partition coefficient (Wildman–Crippen LogP) is 4.47. The number of para-hydroxylation sites is 1. The monoisotopic (exact) mass is 319 g/mol. The first-order chi connectivity index (χ1) is 10.7. The van der Waals surface area contributed by atoms with Gasteiger partial charge in [-0.05, 0) is 29.9 Å². The Kier molecular flexibility index (Phi) is 6.74. The van der Waals surface area contributed by atoms with Crippen molar-refractivity contribution in [2.45, 2.75) is 33.4 Å². The smallest absolute Gasteiger partial charge is 0.165 e. The normalized spacial score (nSPS) is 10.9. The molecule has 1 N–H and O–H groups in total. The van der Waals surface area contributed by atoms with Gasteiger partial charge in [-0.25, -0.2) is 0 Å². The molecule has 1 heterocycles. The van der Waals surface area contributed by atoms with Gasteiger partial charge in [-0.2, -0.15) is 0 Å². The number of ether oxygens (including phenoxy) is 2. The van der Waals surface area contributed by atoms with E-state index in [4.69, 9.17) is 9.47 Å². The summed E-state index contributed by atoms with van der Waals surface area (Å²) < 4.78 is 11.4. The fourth-order valence-electron chi connectivity index (χ4n) is 2.16. The minimum absolute atomic E-state index is 0.634. The third-order valence-electron chi connectivity index (χ3n) is 3.42. The molecule has 4 heteroatoms. The summed E-state index contributed by atoms with van der Waals surface area (Å²) in [6, 6.07) is 10.3. The second-order valence-electron chi connectivity index (χ2n) is 5.66. The van der Waals surface area contributed by atoms with E-state index in [1.807, 2.05) is 12.1 Å². The molecule has 0 aliphatic rings. The van der Waals surface area contributed by atoms with E-state index in [9.17, 15) is 0 Å². The van der Waals surface area contributed by atoms with Crippen LogP contribution in [0.3, 0.4) is 0 Å². The van der Waals surface area contributed by atoms with E-state index < -0.39 is 0 Å². The molecule has 0 saturated carbocycles. The Morgan fingerprint density at radius 2 is 2.00 bits per heavy atom. The van der Waals surface area contributed by atoms with Crippen LogP contribution in [0, 0.1) is 5.92 Å². The summed E-state index contributed by atoms with van der Waals surface area (Å²) in [5.74, 6) is 2.30. The SMILES string of the molecule is COc1cccc(CNCc2cccs2)c1OCCC(C)C. The molecule has 0 amide bonds. The molecule has 1 aromatic carbocycles. The minimum atomic E-state index is 0.634. The summed E-state index contributed by atoms with van der Waals surface area (Å²) in [4.78, 5) is 1.34. The zero-order valence-corrected chi connectivity index (χ0v) is 14.4. The van der Waals surface area contributed by atoms with Gasteiger partial charge in [0.15, 0.2) is 11.5 Å². The van der Waals surface area contributed by atoms with Crippen LogP contribution in [-0.2, 0) is 13.1 Å². The second kappa shape index (κ2) is 8.81. The molecule has 0 aliphatic heterocycles. The van der Waals surface area contributed by atoms with Crippen molar-refractivity contribution in [1.82, 2.24) is 5.32 Å². The number of hydrogen-bond donors (Lipinski definition) is 1. The molecule has 120 valence electrons. The van der Waals surface area contributed by atoms with Crippen LogP contribution in [0.2, 0.25) is 0 Å². The van der Waals surface area contributed by atoms with Crippen LogP contribution in [0.1, 0.15) is 30.7 Å². The quantitative estimate of drug-likeness (QED) is 0.739. The minimum Gasteiger partial charge on any atom is -0.493 e. The lowest BCUT2D eigenvalue weighted by molar-refractivity contribution is 0.269. The van der Waals surface area contributed by atoms with E-state index in [0.717, 1.165) is 43.2 Å². The van der Waals surface area contributed by atoms with Crippen molar-refractivity contribution < 1.29 is 9.47 Å². The van der Waals surface area contributed by atoms with Gasteiger partial charge in [0, 0.05) is 23.5 Å². The van der Waals surface area contributed by atoms with Gasteiger partial charge in [-0.3, -0.25) is 0 Å². The van der Waals surface area contributed by atoms with Gasteiger partial charge in [-0.15, -0.1) is 11.3 Å². The Balaban J connectivity index is 1.98. The van der Waals surface area contributed by atoms with Crippen molar-refractivity contribution in [3.05, 3.63) is 46.2 Å². The standard InChI is InChI=1S/C18H25NO2S/c1-14(2)9-10-21-18-15(6-4-8-17(18)20-3)12-19-13-16-7-5-11-22-16/h4-8,11,14,19H,9-10,12-13H2,1-3H3. The topological polar surface area (TPSA) is 30.5 Å². The van der Waals surface area contributed by atoms with E-state index in [1.165, 1.54) is 4.88 Å². The van der Waals surface area contributed by atoms with Crippen molar-refractivity contribution in [1.29, 1.82) is 0 Å². The number of rotatable bonds is 9. The fourth-order valence-corrected chi connectivity index (χ4v) is 2.83. The summed E-state index contributed by atoms with van der Waals surface area (Å²) >= 11 is 1.77. The van der Waals surface area contributed by atoms with E-state index in [1.54, 1.807) is 18.4 Å². The number of nitrogens with one attached hydrogen (secondary N) is 1. The summed E-state index contributed by atoms with van der Waals surface area (Å²) in [5, 5.41) is 5.57. The highest BCUT2D eigenvalue weighted by Crippen LogP contribution is 2.31. The lowest BCUT2D eigenvalue weighted by Gasteiger charge is -2.16. The number of methoxy groups -OCH3 is 1. The van der Waals surface area contributed by atoms with Gasteiger partial charge in [0.05, 0.1) is 13.7 Å². The van der Waals surface area contributed by atoms with Crippen LogP contribution >= 0.6 is 11.3 Å². The molecular weight excluding hydrogens is 294 g/mol. The maximum absolute atomic E-state index is 6.00. The third-order valence-corrected chi connectivity index (χ3v) is 4.29. The van der Waals surface area contributed by atoms with Crippen LogP contribution in [-0.4, -0.2) is 13.7 Å². The van der Waals surface area contributed by atoms with E-state index in [2.05, 4.69) is 42.7 Å². The van der Waals surface area contributed by atoms with Crippen LogP contribution in [0.15, 0.2) is 35.7 Å². The second-order valence-corrected chi connectivity index (χ2v) is 6.69. The molecular formula is C18H25NO2S. The Labute approximate surface area is 137 Å². The summed E-state index contributed by atoms with van der Waals surface area (Å²) in [5.41, 5.74) is 1.14. The maximum atomic E-state index is 6.00. The Morgan fingerprint density at radius 3 is 2.68 bits per heavy atom. The van der Waals surface area contributed by atoms with Gasteiger partial charge in [0.1, 0.15) is 0 Å². The van der Waals surface area contributed by atoms with Gasteiger partial charge in [-0.1, -0.05) is 32.0 Å². The van der Waals surface area contributed by atoms with Crippen molar-refractivity contribution >= 4 is 11.3 Å². The Morgan fingerprint density at radius 1 is 1.14 bits per heavy atom. The molecule has 2 aromatic rings. The molecule has 0 saturated heterocycles. The van der Waals surface area contributed by atoms with Gasteiger partial charge in [0.2, 0.25) is 0 Å². The van der Waals surface area contributed by atoms with E-state index in [-0.39, 0.29) is 0 Å². The predicted molar refractivity (Wildman–Crippen MR) is 92.8 cm³/mol. The van der Waals surface area contributed by atoms with Crippen LogP contribution in [0.5, 0.6) is 11.5 Å². The average molecular weight is 319 g/mol. The lowest BCUT2D eigenvalue weighted by Crippen LogP contribution is -2.13. The summed E-state index contributed by atoms with van der Waals surface area (Å²) in [7, 11) is 1.69. The number of benzene rings is 1. The first-order valence-corrected chi connectivity index (χ1v) is 8.60. The first kappa shape index (κ1) is 16.8. The van der Waals surface area contributed by atoms with Gasteiger partial charge < -0.3 is 14.8 Å². The maximum Gasteiger partial charge on any atom is 0.165 e. The molecule has 0 fully saturated rings. The molecule has 0 radical (unpaired) electrons.